The monoisotopic (exact) mass is 392 g/mol. The van der Waals surface area contributed by atoms with Crippen LogP contribution in [0.5, 0.6) is 0 Å². The van der Waals surface area contributed by atoms with E-state index in [1.807, 2.05) is 42.5 Å². The molecule has 3 aromatic rings. The number of benzene rings is 3. The van der Waals surface area contributed by atoms with Crippen LogP contribution in [0.15, 0.2) is 78.9 Å². The van der Waals surface area contributed by atoms with E-state index in [1.165, 1.54) is 5.56 Å². The van der Waals surface area contributed by atoms with Gasteiger partial charge in [0.25, 0.3) is 0 Å². The first-order valence-corrected chi connectivity index (χ1v) is 9.90. The molecular formula is C21H16N2OSe. The zero-order valence-electron chi connectivity index (χ0n) is 13.5. The number of anilines is 1. The van der Waals surface area contributed by atoms with Crippen LogP contribution in [0.2, 0.25) is 0 Å². The molecule has 0 bridgehead atoms. The van der Waals surface area contributed by atoms with Crippen molar-refractivity contribution in [2.75, 3.05) is 5.32 Å². The van der Waals surface area contributed by atoms with Crippen molar-refractivity contribution in [1.29, 1.82) is 5.26 Å². The molecule has 0 aliphatic rings. The van der Waals surface area contributed by atoms with Crippen molar-refractivity contribution in [1.82, 2.24) is 0 Å². The second-order valence-electron chi connectivity index (χ2n) is 5.41. The van der Waals surface area contributed by atoms with Crippen LogP contribution in [0.1, 0.15) is 21.5 Å². The van der Waals surface area contributed by atoms with Gasteiger partial charge in [0, 0.05) is 0 Å². The van der Waals surface area contributed by atoms with E-state index in [2.05, 4.69) is 23.5 Å². The van der Waals surface area contributed by atoms with Crippen molar-refractivity contribution in [3.8, 4) is 6.07 Å². The van der Waals surface area contributed by atoms with E-state index in [1.54, 1.807) is 24.3 Å². The van der Waals surface area contributed by atoms with Gasteiger partial charge in [0.1, 0.15) is 0 Å². The van der Waals surface area contributed by atoms with Gasteiger partial charge < -0.3 is 0 Å². The quantitative estimate of drug-likeness (QED) is 0.679. The van der Waals surface area contributed by atoms with Crippen LogP contribution in [-0.2, 0) is 5.32 Å². The predicted molar refractivity (Wildman–Crippen MR) is 101 cm³/mol. The van der Waals surface area contributed by atoms with Gasteiger partial charge in [-0.2, -0.15) is 0 Å². The van der Waals surface area contributed by atoms with Gasteiger partial charge in [-0.05, 0) is 0 Å². The van der Waals surface area contributed by atoms with E-state index in [-0.39, 0.29) is 20.9 Å². The van der Waals surface area contributed by atoms with Crippen molar-refractivity contribution >= 4 is 31.0 Å². The summed E-state index contributed by atoms with van der Waals surface area (Å²) in [5.74, 6) is -0.116. The Morgan fingerprint density at radius 3 is 2.32 bits per heavy atom. The average molecular weight is 391 g/mol. The molecule has 1 amide bonds. The molecule has 3 nitrogen and oxygen atoms in total. The molecule has 3 rings (SSSR count). The minimum atomic E-state index is -0.116. The minimum absolute atomic E-state index is 0.116. The van der Waals surface area contributed by atoms with Crippen molar-refractivity contribution in [2.45, 2.75) is 5.32 Å². The molecule has 0 aliphatic heterocycles. The Morgan fingerprint density at radius 1 is 0.920 bits per heavy atom. The summed E-state index contributed by atoms with van der Waals surface area (Å²) < 4.78 is 1.09. The Labute approximate surface area is 153 Å². The Balaban J connectivity index is 1.72. The number of amides is 1. The second kappa shape index (κ2) is 8.30. The Morgan fingerprint density at radius 2 is 1.60 bits per heavy atom. The first-order chi connectivity index (χ1) is 12.3. The van der Waals surface area contributed by atoms with Gasteiger partial charge in [-0.25, -0.2) is 0 Å². The van der Waals surface area contributed by atoms with Crippen LogP contribution in [0, 0.1) is 11.3 Å². The third kappa shape index (κ3) is 4.58. The summed E-state index contributed by atoms with van der Waals surface area (Å²) in [4.78, 5) is 12.6. The summed E-state index contributed by atoms with van der Waals surface area (Å²) in [5.41, 5.74) is 3.26. The SMILES string of the molecule is N#Cc1ccc(NC(=O)c2ccccc2[Se]Cc2ccccc2)cc1. The maximum absolute atomic E-state index is 12.6. The summed E-state index contributed by atoms with van der Waals surface area (Å²) >= 11 is 0.181. The second-order valence-corrected chi connectivity index (χ2v) is 7.55. The van der Waals surface area contributed by atoms with E-state index < -0.39 is 0 Å². The summed E-state index contributed by atoms with van der Waals surface area (Å²) in [6, 6.07) is 27.0. The van der Waals surface area contributed by atoms with Crippen LogP contribution in [-0.4, -0.2) is 20.9 Å². The molecule has 0 radical (unpaired) electrons. The van der Waals surface area contributed by atoms with Crippen LogP contribution in [0.4, 0.5) is 5.69 Å². The zero-order chi connectivity index (χ0) is 17.5. The molecule has 0 saturated heterocycles. The maximum atomic E-state index is 12.6. The molecule has 122 valence electrons. The molecule has 3 aromatic carbocycles. The fourth-order valence-electron chi connectivity index (χ4n) is 2.34. The van der Waals surface area contributed by atoms with Crippen molar-refractivity contribution < 1.29 is 4.79 Å². The Bertz CT molecular complexity index is 899. The first-order valence-electron chi connectivity index (χ1n) is 7.83. The third-order valence-corrected chi connectivity index (χ3v) is 6.04. The molecule has 4 heteroatoms. The van der Waals surface area contributed by atoms with Gasteiger partial charge in [-0.1, -0.05) is 0 Å². The molecule has 0 saturated carbocycles. The summed E-state index contributed by atoms with van der Waals surface area (Å²) in [6.07, 6.45) is 0. The predicted octanol–water partition coefficient (Wildman–Crippen LogP) is 3.34. The summed E-state index contributed by atoms with van der Waals surface area (Å²) in [7, 11) is 0. The zero-order valence-corrected chi connectivity index (χ0v) is 15.2. The van der Waals surface area contributed by atoms with Gasteiger partial charge in [0.2, 0.25) is 0 Å². The van der Waals surface area contributed by atoms with Crippen LogP contribution in [0.3, 0.4) is 0 Å². The molecule has 0 fully saturated rings. The van der Waals surface area contributed by atoms with E-state index in [4.69, 9.17) is 5.26 Å². The Kier molecular flexibility index (Phi) is 5.64. The standard InChI is InChI=1S/C21H16N2OSe/c22-14-16-10-12-18(13-11-16)23-21(24)19-8-4-5-9-20(19)25-15-17-6-2-1-3-7-17/h1-13H,15H2,(H,23,24). The van der Waals surface area contributed by atoms with E-state index in [9.17, 15) is 4.79 Å². The number of hydrogen-bond donors (Lipinski definition) is 1. The fourth-order valence-corrected chi connectivity index (χ4v) is 4.45. The number of carbonyl (C=O) groups excluding carboxylic acids is 1. The average Bonchev–Trinajstić information content (AvgIpc) is 2.68. The molecule has 0 aliphatic carbocycles. The van der Waals surface area contributed by atoms with Crippen molar-refractivity contribution in [3.05, 3.63) is 95.6 Å². The van der Waals surface area contributed by atoms with E-state index in [0.29, 0.717) is 16.8 Å². The van der Waals surface area contributed by atoms with Crippen molar-refractivity contribution in [3.63, 3.8) is 0 Å². The Hall–Kier alpha value is -2.86. The normalized spacial score (nSPS) is 10.0. The van der Waals surface area contributed by atoms with Gasteiger partial charge in [-0.15, -0.1) is 0 Å². The number of nitriles is 1. The molecule has 1 N–H and O–H groups in total. The fraction of sp³-hybridized carbons (Fsp3) is 0.0476. The molecule has 25 heavy (non-hydrogen) atoms. The summed E-state index contributed by atoms with van der Waals surface area (Å²) in [5, 5.41) is 12.7. The molecular weight excluding hydrogens is 375 g/mol. The number of rotatable bonds is 5. The van der Waals surface area contributed by atoms with Gasteiger partial charge in [0.15, 0.2) is 0 Å². The van der Waals surface area contributed by atoms with E-state index in [0.717, 1.165) is 9.78 Å². The van der Waals surface area contributed by atoms with Gasteiger partial charge >= 0.3 is 153 Å². The van der Waals surface area contributed by atoms with E-state index >= 15 is 0 Å². The molecule has 0 spiro atoms. The third-order valence-electron chi connectivity index (χ3n) is 3.64. The number of hydrogen-bond acceptors (Lipinski definition) is 2. The molecule has 0 aromatic heterocycles. The topological polar surface area (TPSA) is 52.9 Å². The number of nitrogens with one attached hydrogen (secondary N) is 1. The molecule has 0 heterocycles. The summed E-state index contributed by atoms with van der Waals surface area (Å²) in [6.45, 7) is 0. The van der Waals surface area contributed by atoms with Crippen LogP contribution >= 0.6 is 0 Å². The first kappa shape index (κ1) is 17.0. The van der Waals surface area contributed by atoms with Crippen LogP contribution in [0.25, 0.3) is 0 Å². The van der Waals surface area contributed by atoms with Crippen molar-refractivity contribution in [2.24, 2.45) is 0 Å². The number of carbonyl (C=O) groups is 1. The van der Waals surface area contributed by atoms with Gasteiger partial charge in [-0.3, -0.25) is 0 Å². The molecule has 0 atom stereocenters. The molecule has 0 unspecified atom stereocenters. The number of nitrogens with zero attached hydrogens (tertiary/aromatic N) is 1. The van der Waals surface area contributed by atoms with Crippen LogP contribution < -0.4 is 9.78 Å². The van der Waals surface area contributed by atoms with Gasteiger partial charge in [0.05, 0.1) is 0 Å².